The number of carbonyl (C=O) groups excluding carboxylic acids is 5. The fourth-order valence-electron chi connectivity index (χ4n) is 3.96. The quantitative estimate of drug-likeness (QED) is 0.193. The molecule has 14 nitrogen and oxygen atoms in total. The van der Waals surface area contributed by atoms with E-state index in [-0.39, 0.29) is 49.3 Å². The SMILES string of the molecule is C=CCOC(=O)N[C@H]1CC(=O)O[C@H]1OCC.CC(=O)OCc1ccccc1.CC(=O)[C@@H]1CCCN1.CCO[C@@H]1OC(=O)C[C@@H]1N. The average Bonchev–Trinajstić information content (AvgIpc) is 3.74. The first kappa shape index (κ1) is 39.2. The molecule has 45 heavy (non-hydrogen) atoms. The minimum absolute atomic E-state index is 0.0911. The van der Waals surface area contributed by atoms with Crippen LogP contribution in [0.15, 0.2) is 43.0 Å². The van der Waals surface area contributed by atoms with Crippen molar-refractivity contribution in [2.45, 2.75) is 90.7 Å². The van der Waals surface area contributed by atoms with Crippen molar-refractivity contribution in [1.29, 1.82) is 0 Å². The molecule has 5 atom stereocenters. The first-order valence-electron chi connectivity index (χ1n) is 14.8. The summed E-state index contributed by atoms with van der Waals surface area (Å²) in [7, 11) is 0. The second-order valence-electron chi connectivity index (χ2n) is 9.86. The van der Waals surface area contributed by atoms with Gasteiger partial charge < -0.3 is 44.8 Å². The molecule has 0 aromatic heterocycles. The van der Waals surface area contributed by atoms with Crippen molar-refractivity contribution < 1.29 is 52.4 Å². The smallest absolute Gasteiger partial charge is 0.407 e. The number of nitrogens with one attached hydrogen (secondary N) is 2. The summed E-state index contributed by atoms with van der Waals surface area (Å²) in [5, 5.41) is 5.61. The Morgan fingerprint density at radius 2 is 1.62 bits per heavy atom. The molecular weight excluding hydrogens is 590 g/mol. The predicted molar refractivity (Wildman–Crippen MR) is 162 cm³/mol. The molecule has 0 saturated carbocycles. The molecule has 0 aliphatic carbocycles. The number of benzene rings is 1. The Labute approximate surface area is 264 Å². The first-order valence-corrected chi connectivity index (χ1v) is 14.8. The second kappa shape index (κ2) is 22.6. The van der Waals surface area contributed by atoms with Crippen LogP contribution in [0.1, 0.15) is 58.9 Å². The number of hydrogen-bond donors (Lipinski definition) is 3. The molecule has 0 radical (unpaired) electrons. The monoisotopic (exact) mass is 637 g/mol. The molecule has 0 unspecified atom stereocenters. The molecule has 0 spiro atoms. The van der Waals surface area contributed by atoms with Gasteiger partial charge in [-0.25, -0.2) is 4.79 Å². The molecule has 4 N–H and O–H groups in total. The number of ether oxygens (including phenoxy) is 6. The van der Waals surface area contributed by atoms with Crippen LogP contribution >= 0.6 is 0 Å². The van der Waals surface area contributed by atoms with Crippen LogP contribution in [0.4, 0.5) is 4.79 Å². The highest BCUT2D eigenvalue weighted by Crippen LogP contribution is 2.16. The molecule has 252 valence electrons. The summed E-state index contributed by atoms with van der Waals surface area (Å²) >= 11 is 0. The maximum absolute atomic E-state index is 11.2. The zero-order valence-corrected chi connectivity index (χ0v) is 26.5. The Morgan fingerprint density at radius 1 is 1.00 bits per heavy atom. The minimum atomic E-state index is -0.728. The number of alkyl carbamates (subject to hydrolysis) is 1. The van der Waals surface area contributed by atoms with E-state index in [0.29, 0.717) is 19.8 Å². The number of rotatable bonds is 10. The maximum Gasteiger partial charge on any atom is 0.407 e. The number of esters is 3. The summed E-state index contributed by atoms with van der Waals surface area (Å²) in [5.41, 5.74) is 6.50. The van der Waals surface area contributed by atoms with Crippen LogP contribution in [-0.2, 0) is 54.2 Å². The van der Waals surface area contributed by atoms with Gasteiger partial charge in [0.15, 0.2) is 0 Å². The highest BCUT2D eigenvalue weighted by molar-refractivity contribution is 5.81. The lowest BCUT2D eigenvalue weighted by molar-refractivity contribution is -0.164. The molecule has 0 bridgehead atoms. The van der Waals surface area contributed by atoms with E-state index in [2.05, 4.69) is 17.2 Å². The third-order valence-corrected chi connectivity index (χ3v) is 6.10. The number of cyclic esters (lactones) is 2. The van der Waals surface area contributed by atoms with Gasteiger partial charge in [0.05, 0.1) is 24.9 Å². The van der Waals surface area contributed by atoms with Gasteiger partial charge in [-0.3, -0.25) is 19.2 Å². The Balaban J connectivity index is 0.000000310. The minimum Gasteiger partial charge on any atom is -0.461 e. The van der Waals surface area contributed by atoms with Crippen LogP contribution in [0.3, 0.4) is 0 Å². The number of carbonyl (C=O) groups is 5. The van der Waals surface area contributed by atoms with Crippen molar-refractivity contribution in [1.82, 2.24) is 10.6 Å². The van der Waals surface area contributed by atoms with E-state index >= 15 is 0 Å². The lowest BCUT2D eigenvalue weighted by Crippen LogP contribution is -2.41. The largest absolute Gasteiger partial charge is 0.461 e. The molecule has 3 saturated heterocycles. The summed E-state index contributed by atoms with van der Waals surface area (Å²) in [6.45, 7) is 12.5. The molecule has 4 rings (SSSR count). The number of ketones is 1. The van der Waals surface area contributed by atoms with Crippen molar-refractivity contribution in [3.05, 3.63) is 48.6 Å². The number of amides is 1. The summed E-state index contributed by atoms with van der Waals surface area (Å²) in [5.74, 6) is -0.630. The van der Waals surface area contributed by atoms with Crippen LogP contribution in [0.25, 0.3) is 0 Å². The Hall–Kier alpha value is -3.85. The molecule has 1 aromatic carbocycles. The van der Waals surface area contributed by atoms with Gasteiger partial charge in [-0.1, -0.05) is 43.0 Å². The van der Waals surface area contributed by atoms with Crippen LogP contribution in [0, 0.1) is 0 Å². The van der Waals surface area contributed by atoms with Crippen LogP contribution in [0.5, 0.6) is 0 Å². The predicted octanol–water partition coefficient (Wildman–Crippen LogP) is 2.28. The Morgan fingerprint density at radius 3 is 2.11 bits per heavy atom. The fourth-order valence-corrected chi connectivity index (χ4v) is 3.96. The van der Waals surface area contributed by atoms with Gasteiger partial charge in [-0.15, -0.1) is 0 Å². The van der Waals surface area contributed by atoms with E-state index in [0.717, 1.165) is 24.9 Å². The molecule has 3 fully saturated rings. The standard InChI is InChI=1S/C10H15NO5.C9H10O2.C6H11NO3.C6H11NO/c1-3-5-15-10(13)11-7-6-8(12)16-9(7)14-4-2;1-8(10)11-7-9-5-3-2-4-6-9;1-2-9-6-4(7)3-5(8)10-6;1-5(8)6-3-2-4-7-6/h3,7,9H,1,4-6H2,2H3,(H,11,13);2-6H,7H2,1H3;4,6H,2-3,7H2,1H3;6-7H,2-4H2,1H3/t7-,9+;;4-,6+;6-/m0.00/s1. The summed E-state index contributed by atoms with van der Waals surface area (Å²) in [4.78, 5) is 53.8. The van der Waals surface area contributed by atoms with E-state index in [4.69, 9.17) is 34.2 Å². The lowest BCUT2D eigenvalue weighted by atomic mass is 10.2. The Bertz CT molecular complexity index is 1060. The van der Waals surface area contributed by atoms with Crippen LogP contribution < -0.4 is 16.4 Å². The van der Waals surface area contributed by atoms with Crippen molar-refractivity contribution in [2.24, 2.45) is 5.73 Å². The van der Waals surface area contributed by atoms with Crippen molar-refractivity contribution in [2.75, 3.05) is 26.4 Å². The van der Waals surface area contributed by atoms with E-state index < -0.39 is 30.7 Å². The third kappa shape index (κ3) is 17.3. The van der Waals surface area contributed by atoms with Crippen molar-refractivity contribution in [3.63, 3.8) is 0 Å². The third-order valence-electron chi connectivity index (χ3n) is 6.10. The highest BCUT2D eigenvalue weighted by Gasteiger charge is 2.37. The number of Topliss-reactive ketones (excluding diaryl/α,β-unsaturated/α-hetero) is 1. The van der Waals surface area contributed by atoms with Gasteiger partial charge in [0.25, 0.3) is 0 Å². The zero-order chi connectivity index (χ0) is 33.6. The average molecular weight is 638 g/mol. The molecule has 1 amide bonds. The Kier molecular flexibility index (Phi) is 19.7. The molecular formula is C31H47N3O11. The highest BCUT2D eigenvalue weighted by atomic mass is 16.7. The van der Waals surface area contributed by atoms with E-state index in [9.17, 15) is 24.0 Å². The van der Waals surface area contributed by atoms with Gasteiger partial charge >= 0.3 is 24.0 Å². The van der Waals surface area contributed by atoms with E-state index in [1.54, 1.807) is 13.8 Å². The number of hydrogen-bond acceptors (Lipinski definition) is 13. The van der Waals surface area contributed by atoms with Gasteiger partial charge in [0.1, 0.15) is 25.0 Å². The summed E-state index contributed by atoms with van der Waals surface area (Å²) in [6, 6.07) is 8.99. The second-order valence-corrected chi connectivity index (χ2v) is 9.86. The van der Waals surface area contributed by atoms with E-state index in [1.807, 2.05) is 37.3 Å². The van der Waals surface area contributed by atoms with Gasteiger partial charge in [0.2, 0.25) is 12.6 Å². The van der Waals surface area contributed by atoms with Crippen molar-refractivity contribution in [3.8, 4) is 0 Å². The molecule has 1 aromatic rings. The van der Waals surface area contributed by atoms with E-state index in [1.165, 1.54) is 13.0 Å². The normalized spacial score (nSPS) is 22.9. The van der Waals surface area contributed by atoms with Gasteiger partial charge in [-0.2, -0.15) is 0 Å². The lowest BCUT2D eigenvalue weighted by Gasteiger charge is -2.17. The van der Waals surface area contributed by atoms with Gasteiger partial charge in [-0.05, 0) is 45.7 Å². The molecule has 3 aliphatic heterocycles. The maximum atomic E-state index is 11.2. The first-order chi connectivity index (χ1) is 21.5. The molecule has 14 heteroatoms. The zero-order valence-electron chi connectivity index (χ0n) is 26.5. The number of nitrogens with two attached hydrogens (primary N) is 1. The molecule has 3 aliphatic rings. The van der Waals surface area contributed by atoms with Gasteiger partial charge in [0, 0.05) is 20.1 Å². The van der Waals surface area contributed by atoms with Crippen LogP contribution in [-0.4, -0.2) is 86.9 Å². The summed E-state index contributed by atoms with van der Waals surface area (Å²) < 4.78 is 29.3. The van der Waals surface area contributed by atoms with Crippen molar-refractivity contribution >= 4 is 29.8 Å². The fraction of sp³-hybridized carbons (Fsp3) is 0.581. The topological polar surface area (TPSA) is 191 Å². The van der Waals surface area contributed by atoms with Crippen LogP contribution in [0.2, 0.25) is 0 Å². The molecule has 3 heterocycles. The summed E-state index contributed by atoms with van der Waals surface area (Å²) in [6.07, 6.45) is 2.15.